The number of rotatable bonds is 3. The highest BCUT2D eigenvalue weighted by Crippen LogP contribution is 2.48. The molecule has 3 atom stereocenters. The number of nitro groups is 1. The Morgan fingerprint density at radius 2 is 2.20 bits per heavy atom. The van der Waals surface area contributed by atoms with Crippen molar-refractivity contribution in [1.29, 1.82) is 0 Å². The average Bonchev–Trinajstić information content (AvgIpc) is 3.12. The fraction of sp³-hybridized carbons (Fsp3) is 0.294. The van der Waals surface area contributed by atoms with Gasteiger partial charge in [0, 0.05) is 24.1 Å². The number of phenols is 1. The van der Waals surface area contributed by atoms with Crippen LogP contribution in [-0.2, 0) is 0 Å². The Morgan fingerprint density at radius 3 is 2.92 bits per heavy atom. The van der Waals surface area contributed by atoms with Crippen molar-refractivity contribution in [2.24, 2.45) is 4.99 Å². The number of pyridine rings is 1. The van der Waals surface area contributed by atoms with Crippen LogP contribution in [0.3, 0.4) is 0 Å². The number of benzene rings is 1. The first-order valence-corrected chi connectivity index (χ1v) is 8.82. The number of hydrogen-bond donors (Lipinski definition) is 1. The first-order valence-electron chi connectivity index (χ1n) is 7.94. The Kier molecular flexibility index (Phi) is 3.84. The van der Waals surface area contributed by atoms with Gasteiger partial charge in [-0.1, -0.05) is 30.8 Å². The summed E-state index contributed by atoms with van der Waals surface area (Å²) in [6.45, 7) is 2.96. The van der Waals surface area contributed by atoms with Gasteiger partial charge in [-0.15, -0.1) is 0 Å². The van der Waals surface area contributed by atoms with Crippen molar-refractivity contribution in [1.82, 2.24) is 9.88 Å². The Balaban J connectivity index is 1.80. The Morgan fingerprint density at radius 1 is 1.36 bits per heavy atom. The highest BCUT2D eigenvalue weighted by atomic mass is 32.2. The van der Waals surface area contributed by atoms with Crippen LogP contribution in [0.1, 0.15) is 30.3 Å². The topological polar surface area (TPSA) is 91.9 Å². The smallest absolute Gasteiger partial charge is 0.311 e. The van der Waals surface area contributed by atoms with Gasteiger partial charge in [-0.05, 0) is 23.8 Å². The van der Waals surface area contributed by atoms with Crippen LogP contribution in [-0.4, -0.2) is 36.9 Å². The normalized spacial score (nSPS) is 24.9. The molecule has 0 aliphatic carbocycles. The minimum atomic E-state index is -0.563. The number of nitro benzene ring substituents is 1. The lowest BCUT2D eigenvalue weighted by Gasteiger charge is -2.27. The lowest BCUT2D eigenvalue weighted by molar-refractivity contribution is -0.386. The van der Waals surface area contributed by atoms with Crippen LogP contribution in [0.5, 0.6) is 5.75 Å². The van der Waals surface area contributed by atoms with Crippen LogP contribution in [0.15, 0.2) is 47.6 Å². The molecule has 1 aromatic heterocycles. The van der Waals surface area contributed by atoms with Crippen LogP contribution in [0.2, 0.25) is 0 Å². The van der Waals surface area contributed by atoms with E-state index in [1.165, 1.54) is 12.1 Å². The van der Waals surface area contributed by atoms with Crippen molar-refractivity contribution in [3.05, 3.63) is 64.0 Å². The molecule has 1 fully saturated rings. The molecular formula is C17H16N4O3S. The van der Waals surface area contributed by atoms with Gasteiger partial charge in [-0.3, -0.25) is 20.1 Å². The second kappa shape index (κ2) is 6.03. The fourth-order valence-corrected chi connectivity index (χ4v) is 4.44. The molecule has 4 rings (SSSR count). The van der Waals surface area contributed by atoms with Gasteiger partial charge in [0.05, 0.1) is 16.7 Å². The number of amidine groups is 1. The number of hydrogen-bond acceptors (Lipinski definition) is 7. The van der Waals surface area contributed by atoms with E-state index < -0.39 is 4.92 Å². The van der Waals surface area contributed by atoms with Gasteiger partial charge in [-0.2, -0.15) is 0 Å². The number of nitrogens with zero attached hydrogens (tertiary/aromatic N) is 4. The summed E-state index contributed by atoms with van der Waals surface area (Å²) >= 11 is 1.71. The third kappa shape index (κ3) is 2.72. The van der Waals surface area contributed by atoms with Crippen LogP contribution < -0.4 is 0 Å². The van der Waals surface area contributed by atoms with E-state index in [-0.39, 0.29) is 23.5 Å². The van der Waals surface area contributed by atoms with Gasteiger partial charge in [0.15, 0.2) is 10.9 Å². The summed E-state index contributed by atoms with van der Waals surface area (Å²) in [7, 11) is 0. The van der Waals surface area contributed by atoms with Crippen molar-refractivity contribution in [2.75, 3.05) is 6.54 Å². The number of thioether (sulfide) groups is 1. The molecule has 128 valence electrons. The van der Waals surface area contributed by atoms with Crippen molar-refractivity contribution in [3.63, 3.8) is 0 Å². The second-order valence-corrected chi connectivity index (χ2v) is 7.55. The largest absolute Gasteiger partial charge is 0.502 e. The molecule has 1 saturated heterocycles. The average molecular weight is 356 g/mol. The third-order valence-corrected chi connectivity index (χ3v) is 5.52. The summed E-state index contributed by atoms with van der Waals surface area (Å²) in [6, 6.07) is 9.86. The number of aliphatic imine (C=N–C) groups is 1. The molecule has 0 radical (unpaired) electrons. The maximum Gasteiger partial charge on any atom is 0.311 e. The zero-order valence-electron chi connectivity index (χ0n) is 13.4. The summed E-state index contributed by atoms with van der Waals surface area (Å²) in [5.74, 6) is -0.327. The van der Waals surface area contributed by atoms with Gasteiger partial charge in [0.2, 0.25) is 0 Å². The molecule has 1 aromatic carbocycles. The number of aromatic nitrogens is 1. The van der Waals surface area contributed by atoms with Crippen molar-refractivity contribution >= 4 is 22.6 Å². The van der Waals surface area contributed by atoms with E-state index in [2.05, 4.69) is 16.8 Å². The number of fused-ring (bicyclic) bond motifs is 1. The monoisotopic (exact) mass is 356 g/mol. The predicted molar refractivity (Wildman–Crippen MR) is 95.7 cm³/mol. The maximum absolute atomic E-state index is 11.2. The molecule has 0 amide bonds. The summed E-state index contributed by atoms with van der Waals surface area (Å²) in [6.07, 6.45) is 1.73. The van der Waals surface area contributed by atoms with Crippen molar-refractivity contribution in [2.45, 2.75) is 24.3 Å². The molecule has 3 heterocycles. The maximum atomic E-state index is 11.2. The molecule has 8 heteroatoms. The van der Waals surface area contributed by atoms with Gasteiger partial charge in [-0.25, -0.2) is 0 Å². The summed E-state index contributed by atoms with van der Waals surface area (Å²) in [4.78, 5) is 22.1. The van der Waals surface area contributed by atoms with Gasteiger partial charge in [0.1, 0.15) is 6.04 Å². The third-order valence-electron chi connectivity index (χ3n) is 4.42. The Hall–Kier alpha value is -2.61. The minimum absolute atomic E-state index is 0.165. The molecule has 7 nitrogen and oxygen atoms in total. The molecule has 0 unspecified atom stereocenters. The molecule has 2 aromatic rings. The van der Waals surface area contributed by atoms with E-state index in [0.29, 0.717) is 5.25 Å². The van der Waals surface area contributed by atoms with E-state index in [9.17, 15) is 15.2 Å². The number of phenolic OH excluding ortho intramolecular Hbond substituents is 1. The van der Waals surface area contributed by atoms with E-state index in [4.69, 9.17) is 4.99 Å². The number of aromatic hydroxyl groups is 1. The van der Waals surface area contributed by atoms with Crippen LogP contribution >= 0.6 is 11.8 Å². The molecule has 25 heavy (non-hydrogen) atoms. The molecule has 2 aliphatic heterocycles. The zero-order valence-corrected chi connectivity index (χ0v) is 14.3. The first kappa shape index (κ1) is 15.9. The minimum Gasteiger partial charge on any atom is -0.502 e. The Bertz CT molecular complexity index is 858. The SMILES string of the molecule is C[C@@H]1CN2C(=N[C@H](c3ccccn3)[C@@H]2c2ccc(O)c([N+](=O)[O-])c2)S1. The van der Waals surface area contributed by atoms with Gasteiger partial charge >= 0.3 is 5.69 Å². The summed E-state index contributed by atoms with van der Waals surface area (Å²) < 4.78 is 0. The van der Waals surface area contributed by atoms with Gasteiger partial charge < -0.3 is 10.0 Å². The van der Waals surface area contributed by atoms with Crippen molar-refractivity contribution in [3.8, 4) is 5.75 Å². The van der Waals surface area contributed by atoms with E-state index in [1.54, 1.807) is 24.0 Å². The lowest BCUT2D eigenvalue weighted by atomic mass is 9.96. The van der Waals surface area contributed by atoms with Crippen LogP contribution in [0.25, 0.3) is 0 Å². The Labute approximate surface area is 148 Å². The second-order valence-electron chi connectivity index (χ2n) is 6.14. The van der Waals surface area contributed by atoms with Gasteiger partial charge in [0.25, 0.3) is 0 Å². The van der Waals surface area contributed by atoms with Crippen LogP contribution in [0.4, 0.5) is 5.69 Å². The zero-order chi connectivity index (χ0) is 17.6. The van der Waals surface area contributed by atoms with E-state index >= 15 is 0 Å². The standard InChI is InChI=1S/C17H16N4O3S/c1-10-9-20-16(11-5-6-14(22)13(8-11)21(23)24)15(19-17(20)25-10)12-4-2-3-7-18-12/h2-8,10,15-16,22H,9H2,1H3/t10-,15-,16+/m1/s1. The molecule has 0 bridgehead atoms. The molecule has 0 spiro atoms. The van der Waals surface area contributed by atoms with Crippen molar-refractivity contribution < 1.29 is 10.0 Å². The highest BCUT2D eigenvalue weighted by molar-refractivity contribution is 8.14. The highest BCUT2D eigenvalue weighted by Gasteiger charge is 2.44. The lowest BCUT2D eigenvalue weighted by Crippen LogP contribution is -2.28. The van der Waals surface area contributed by atoms with Crippen LogP contribution in [0, 0.1) is 10.1 Å². The quantitative estimate of drug-likeness (QED) is 0.670. The molecule has 0 saturated carbocycles. The summed E-state index contributed by atoms with van der Waals surface area (Å²) in [5.41, 5.74) is 1.30. The molecular weight excluding hydrogens is 340 g/mol. The fourth-order valence-electron chi connectivity index (χ4n) is 3.35. The first-order chi connectivity index (χ1) is 12.0. The molecule has 1 N–H and O–H groups in total. The predicted octanol–water partition coefficient (Wildman–Crippen LogP) is 3.28. The van der Waals surface area contributed by atoms with E-state index in [1.807, 2.05) is 18.2 Å². The molecule has 2 aliphatic rings. The van der Waals surface area contributed by atoms with E-state index in [0.717, 1.165) is 23.0 Å². The summed E-state index contributed by atoms with van der Waals surface area (Å²) in [5, 5.41) is 22.3.